The third kappa shape index (κ3) is 4.52. The minimum absolute atomic E-state index is 0.182. The second kappa shape index (κ2) is 8.31. The number of carbonyl (C=O) groups is 1. The van der Waals surface area contributed by atoms with Crippen molar-refractivity contribution in [2.75, 3.05) is 7.11 Å². The predicted octanol–water partition coefficient (Wildman–Crippen LogP) is 5.23. The number of benzene rings is 2. The highest BCUT2D eigenvalue weighted by atomic mass is 32.2. The minimum atomic E-state index is -1.02. The second-order valence-corrected chi connectivity index (χ2v) is 7.28. The van der Waals surface area contributed by atoms with Crippen molar-refractivity contribution in [1.29, 1.82) is 0 Å². The summed E-state index contributed by atoms with van der Waals surface area (Å²) in [4.78, 5) is 17.7. The number of allylic oxidation sites excluding steroid dienone is 1. The number of ether oxygens (including phenoxy) is 1. The second-order valence-electron chi connectivity index (χ2n) is 6.33. The zero-order valence-corrected chi connectivity index (χ0v) is 16.4. The van der Waals surface area contributed by atoms with Crippen LogP contribution in [0, 0.1) is 6.92 Å². The molecule has 0 saturated heterocycles. The van der Waals surface area contributed by atoms with E-state index in [4.69, 9.17) is 9.73 Å². The van der Waals surface area contributed by atoms with E-state index < -0.39 is 6.09 Å². The molecule has 0 spiro atoms. The highest BCUT2D eigenvalue weighted by molar-refractivity contribution is 8.13. The molecule has 1 atom stereocenters. The van der Waals surface area contributed by atoms with Crippen LogP contribution in [0.4, 0.5) is 4.79 Å². The van der Waals surface area contributed by atoms with Gasteiger partial charge in [0.05, 0.1) is 13.2 Å². The predicted molar refractivity (Wildman–Crippen MR) is 109 cm³/mol. The molecule has 27 heavy (non-hydrogen) atoms. The lowest BCUT2D eigenvalue weighted by Gasteiger charge is -2.28. The van der Waals surface area contributed by atoms with Gasteiger partial charge in [0, 0.05) is 11.4 Å². The number of amidine groups is 1. The Balaban J connectivity index is 1.84. The van der Waals surface area contributed by atoms with Gasteiger partial charge in [-0.15, -0.1) is 0 Å². The standard InChI is InChI=1S/C21H22N2O3S/c1-14-5-4-6-17(11-14)19-12-15(2)23(21(24)25)20(22-19)27-13-16-7-9-18(26-3)10-8-16/h4-12,19H,13H2,1-3H3,(H,24,25). The molecular weight excluding hydrogens is 360 g/mol. The van der Waals surface area contributed by atoms with Crippen LogP contribution in [0.5, 0.6) is 5.75 Å². The van der Waals surface area contributed by atoms with Crippen molar-refractivity contribution in [2.45, 2.75) is 25.6 Å². The molecule has 1 amide bonds. The van der Waals surface area contributed by atoms with E-state index in [9.17, 15) is 9.90 Å². The first-order chi connectivity index (χ1) is 13.0. The molecule has 6 heteroatoms. The fraction of sp³-hybridized carbons (Fsp3) is 0.238. The Kier molecular flexibility index (Phi) is 5.86. The van der Waals surface area contributed by atoms with Crippen LogP contribution >= 0.6 is 11.8 Å². The van der Waals surface area contributed by atoms with Crippen molar-refractivity contribution in [3.05, 3.63) is 77.0 Å². The molecule has 0 aliphatic carbocycles. The van der Waals surface area contributed by atoms with Gasteiger partial charge in [-0.2, -0.15) is 0 Å². The molecule has 1 heterocycles. The Morgan fingerprint density at radius 3 is 2.59 bits per heavy atom. The molecule has 2 aromatic carbocycles. The van der Waals surface area contributed by atoms with Crippen LogP contribution in [0.15, 0.2) is 65.3 Å². The van der Waals surface area contributed by atoms with Gasteiger partial charge < -0.3 is 9.84 Å². The monoisotopic (exact) mass is 382 g/mol. The summed E-state index contributed by atoms with van der Waals surface area (Å²) in [7, 11) is 1.63. The van der Waals surface area contributed by atoms with Crippen molar-refractivity contribution in [2.24, 2.45) is 4.99 Å². The van der Waals surface area contributed by atoms with Crippen molar-refractivity contribution >= 4 is 23.0 Å². The van der Waals surface area contributed by atoms with Crippen molar-refractivity contribution < 1.29 is 14.6 Å². The van der Waals surface area contributed by atoms with E-state index in [0.717, 1.165) is 22.4 Å². The van der Waals surface area contributed by atoms with E-state index in [1.807, 2.05) is 55.5 Å². The van der Waals surface area contributed by atoms with E-state index in [1.54, 1.807) is 14.0 Å². The summed E-state index contributed by atoms with van der Waals surface area (Å²) >= 11 is 1.42. The third-order valence-corrected chi connectivity index (χ3v) is 5.32. The first kappa shape index (κ1) is 19.0. The molecule has 0 aromatic heterocycles. The molecule has 3 rings (SSSR count). The third-order valence-electron chi connectivity index (χ3n) is 4.29. The van der Waals surface area contributed by atoms with E-state index in [0.29, 0.717) is 16.6 Å². The lowest BCUT2D eigenvalue weighted by molar-refractivity contribution is 0.177. The zero-order chi connectivity index (χ0) is 19.4. The topological polar surface area (TPSA) is 62.1 Å². The maximum Gasteiger partial charge on any atom is 0.417 e. The van der Waals surface area contributed by atoms with E-state index in [2.05, 4.69) is 6.07 Å². The summed E-state index contributed by atoms with van der Waals surface area (Å²) in [6, 6.07) is 15.7. The van der Waals surface area contributed by atoms with Crippen LogP contribution < -0.4 is 4.74 Å². The summed E-state index contributed by atoms with van der Waals surface area (Å²) in [6.45, 7) is 3.84. The highest BCUT2D eigenvalue weighted by Gasteiger charge is 2.27. The Hall–Kier alpha value is -2.73. The fourth-order valence-electron chi connectivity index (χ4n) is 2.90. The number of amides is 1. The van der Waals surface area contributed by atoms with Crippen LogP contribution in [0.1, 0.15) is 29.7 Å². The number of nitrogens with zero attached hydrogens (tertiary/aromatic N) is 2. The van der Waals surface area contributed by atoms with E-state index in [-0.39, 0.29) is 6.04 Å². The van der Waals surface area contributed by atoms with Crippen molar-refractivity contribution in [3.63, 3.8) is 0 Å². The van der Waals surface area contributed by atoms with Crippen LogP contribution in [0.2, 0.25) is 0 Å². The average Bonchev–Trinajstić information content (AvgIpc) is 2.66. The molecule has 2 aromatic rings. The number of hydrogen-bond donors (Lipinski definition) is 1. The number of aryl methyl sites for hydroxylation is 1. The largest absolute Gasteiger partial charge is 0.497 e. The van der Waals surface area contributed by atoms with Gasteiger partial charge >= 0.3 is 6.09 Å². The molecule has 1 unspecified atom stereocenters. The van der Waals surface area contributed by atoms with Crippen LogP contribution in [0.25, 0.3) is 0 Å². The lowest BCUT2D eigenvalue weighted by atomic mass is 10.0. The number of thioether (sulfide) groups is 1. The van der Waals surface area contributed by atoms with E-state index >= 15 is 0 Å². The number of rotatable bonds is 4. The van der Waals surface area contributed by atoms with Gasteiger partial charge in [0.25, 0.3) is 0 Å². The molecule has 0 radical (unpaired) electrons. The zero-order valence-electron chi connectivity index (χ0n) is 15.5. The molecule has 0 bridgehead atoms. The van der Waals surface area contributed by atoms with Crippen LogP contribution in [0.3, 0.4) is 0 Å². The number of methoxy groups -OCH3 is 1. The van der Waals surface area contributed by atoms with Gasteiger partial charge in [-0.05, 0) is 43.2 Å². The maximum absolute atomic E-state index is 11.7. The molecule has 1 N–H and O–H groups in total. The van der Waals surface area contributed by atoms with Gasteiger partial charge in [0.15, 0.2) is 5.17 Å². The first-order valence-corrected chi connectivity index (χ1v) is 9.58. The van der Waals surface area contributed by atoms with Gasteiger partial charge in [-0.25, -0.2) is 14.7 Å². The van der Waals surface area contributed by atoms with Crippen molar-refractivity contribution in [3.8, 4) is 5.75 Å². The maximum atomic E-state index is 11.7. The fourth-order valence-corrected chi connectivity index (χ4v) is 3.92. The van der Waals surface area contributed by atoms with Gasteiger partial charge in [0.2, 0.25) is 0 Å². The number of aliphatic imine (C=N–C) groups is 1. The molecule has 140 valence electrons. The summed E-state index contributed by atoms with van der Waals surface area (Å²) in [5.74, 6) is 1.42. The van der Waals surface area contributed by atoms with Crippen LogP contribution in [-0.4, -0.2) is 28.4 Å². The first-order valence-electron chi connectivity index (χ1n) is 8.59. The molecule has 1 aliphatic heterocycles. The highest BCUT2D eigenvalue weighted by Crippen LogP contribution is 2.31. The van der Waals surface area contributed by atoms with Gasteiger partial charge in [0.1, 0.15) is 5.75 Å². The van der Waals surface area contributed by atoms with Gasteiger partial charge in [-0.1, -0.05) is 53.7 Å². The summed E-state index contributed by atoms with van der Waals surface area (Å²) < 4.78 is 5.17. The Morgan fingerprint density at radius 1 is 1.22 bits per heavy atom. The number of hydrogen-bond acceptors (Lipinski definition) is 4. The van der Waals surface area contributed by atoms with Crippen molar-refractivity contribution in [1.82, 2.24) is 4.90 Å². The molecule has 0 saturated carbocycles. The Labute approximate surface area is 163 Å². The Morgan fingerprint density at radius 2 is 1.96 bits per heavy atom. The minimum Gasteiger partial charge on any atom is -0.497 e. The smallest absolute Gasteiger partial charge is 0.417 e. The number of carboxylic acid groups (broad SMARTS) is 1. The summed E-state index contributed by atoms with van der Waals surface area (Å²) in [5.41, 5.74) is 3.96. The molecule has 1 aliphatic rings. The lowest BCUT2D eigenvalue weighted by Crippen LogP contribution is -2.35. The Bertz CT molecular complexity index is 891. The van der Waals surface area contributed by atoms with E-state index in [1.165, 1.54) is 16.7 Å². The van der Waals surface area contributed by atoms with Crippen LogP contribution in [-0.2, 0) is 5.75 Å². The summed E-state index contributed by atoms with van der Waals surface area (Å²) in [5, 5.41) is 10.1. The quantitative estimate of drug-likeness (QED) is 0.786. The summed E-state index contributed by atoms with van der Waals surface area (Å²) in [6.07, 6.45) is 0.868. The molecule has 5 nitrogen and oxygen atoms in total. The molecular formula is C21H22N2O3S. The normalized spacial score (nSPS) is 16.6. The van der Waals surface area contributed by atoms with Gasteiger partial charge in [-0.3, -0.25) is 0 Å². The molecule has 0 fully saturated rings. The average molecular weight is 382 g/mol. The SMILES string of the molecule is COc1ccc(CSC2=NC(c3cccc(C)c3)C=C(C)N2C(=O)O)cc1.